The van der Waals surface area contributed by atoms with E-state index >= 15 is 0 Å². The van der Waals surface area contributed by atoms with Crippen molar-refractivity contribution in [2.45, 2.75) is 25.4 Å². The van der Waals surface area contributed by atoms with Crippen LogP contribution >= 0.6 is 0 Å². The van der Waals surface area contributed by atoms with Crippen molar-refractivity contribution in [3.63, 3.8) is 0 Å². The number of aliphatic carboxylic acids is 4. The Hall–Kier alpha value is -4.43. The van der Waals surface area contributed by atoms with E-state index in [0.717, 1.165) is 5.76 Å². The van der Waals surface area contributed by atoms with Gasteiger partial charge >= 0.3 is 23.9 Å². The molecule has 37 heavy (non-hydrogen) atoms. The Bertz CT molecular complexity index is 975. The number of hydrogen-bond donors (Lipinski definition) is 6. The van der Waals surface area contributed by atoms with Crippen molar-refractivity contribution in [2.24, 2.45) is 0 Å². The van der Waals surface area contributed by atoms with Crippen LogP contribution in [0.1, 0.15) is 25.1 Å². The summed E-state index contributed by atoms with van der Waals surface area (Å²) in [6.07, 6.45) is 2.05. The van der Waals surface area contributed by atoms with Crippen LogP contribution in [0.3, 0.4) is 0 Å². The second-order valence-electron chi connectivity index (χ2n) is 7.48. The minimum absolute atomic E-state index is 0.0344. The van der Waals surface area contributed by atoms with Gasteiger partial charge in [-0.1, -0.05) is 12.1 Å². The zero-order chi connectivity index (χ0) is 28.5. The monoisotopic (exact) mass is 525 g/mol. The molecule has 0 fully saturated rings. The van der Waals surface area contributed by atoms with Crippen molar-refractivity contribution < 1.29 is 53.6 Å². The molecule has 1 amide bonds. The van der Waals surface area contributed by atoms with Gasteiger partial charge in [-0.05, 0) is 45.3 Å². The number of nitrogens with zero attached hydrogens (tertiary/aromatic N) is 1. The van der Waals surface area contributed by atoms with E-state index in [0.29, 0.717) is 24.4 Å². The number of likely N-dealkylation sites (N-methyl/N-ethyl adjacent to an activating group) is 1. The molecule has 204 valence electrons. The number of methoxy groups -OCH3 is 1. The molecule has 0 aliphatic rings. The van der Waals surface area contributed by atoms with E-state index in [1.807, 2.05) is 57.4 Å². The largest absolute Gasteiger partial charge is 0.495 e. The molecule has 0 bridgehead atoms. The van der Waals surface area contributed by atoms with Crippen LogP contribution in [-0.4, -0.2) is 88.9 Å². The summed E-state index contributed by atoms with van der Waals surface area (Å²) in [7, 11) is 5.60. The molecule has 0 saturated carbocycles. The number of nitrogens with one attached hydrogen (secondary N) is 2. The van der Waals surface area contributed by atoms with Gasteiger partial charge in [0.15, 0.2) is 0 Å². The van der Waals surface area contributed by atoms with Gasteiger partial charge in [0, 0.05) is 19.0 Å². The van der Waals surface area contributed by atoms with Crippen LogP contribution in [0.4, 0.5) is 5.69 Å². The highest BCUT2D eigenvalue weighted by Crippen LogP contribution is 2.23. The lowest BCUT2D eigenvalue weighted by Gasteiger charge is -2.24. The highest BCUT2D eigenvalue weighted by Gasteiger charge is 2.18. The molecule has 0 radical (unpaired) electrons. The third-order valence-corrected chi connectivity index (χ3v) is 4.39. The molecule has 2 atom stereocenters. The fourth-order valence-corrected chi connectivity index (χ4v) is 2.63. The molecule has 14 heteroatoms. The zero-order valence-electron chi connectivity index (χ0n) is 20.7. The molecule has 1 aromatic carbocycles. The third-order valence-electron chi connectivity index (χ3n) is 4.39. The summed E-state index contributed by atoms with van der Waals surface area (Å²) in [5.74, 6) is -5.79. The van der Waals surface area contributed by atoms with Gasteiger partial charge in [-0.25, -0.2) is 19.2 Å². The van der Waals surface area contributed by atoms with Crippen molar-refractivity contribution >= 4 is 35.5 Å². The lowest BCUT2D eigenvalue weighted by molar-refractivity contribution is -0.159. The number of benzene rings is 1. The molecular formula is C23H31N3O11. The van der Waals surface area contributed by atoms with Gasteiger partial charge in [-0.15, -0.1) is 0 Å². The Morgan fingerprint density at radius 2 is 1.46 bits per heavy atom. The normalized spacial score (nSPS) is 11.5. The first kappa shape index (κ1) is 32.6. The number of carboxylic acid groups (broad SMARTS) is 4. The lowest BCUT2D eigenvalue weighted by atomic mass is 10.1. The summed E-state index contributed by atoms with van der Waals surface area (Å²) >= 11 is 0. The topological polar surface area (TPSA) is 216 Å². The molecule has 1 heterocycles. The average Bonchev–Trinajstić information content (AvgIpc) is 3.34. The number of para-hydroxylation sites is 2. The highest BCUT2D eigenvalue weighted by atomic mass is 16.5. The van der Waals surface area contributed by atoms with E-state index in [1.165, 1.54) is 0 Å². The lowest BCUT2D eigenvalue weighted by Crippen LogP contribution is -2.37. The first-order valence-corrected chi connectivity index (χ1v) is 10.6. The highest BCUT2D eigenvalue weighted by molar-refractivity contribution is 6.27. The van der Waals surface area contributed by atoms with Crippen molar-refractivity contribution in [3.05, 3.63) is 48.4 Å². The molecule has 0 spiro atoms. The van der Waals surface area contributed by atoms with Gasteiger partial charge in [0.1, 0.15) is 11.5 Å². The second-order valence-corrected chi connectivity index (χ2v) is 7.48. The first-order chi connectivity index (χ1) is 17.3. The van der Waals surface area contributed by atoms with E-state index in [2.05, 4.69) is 15.5 Å². The van der Waals surface area contributed by atoms with E-state index in [1.54, 1.807) is 13.4 Å². The van der Waals surface area contributed by atoms with Crippen LogP contribution in [0.15, 0.2) is 47.1 Å². The number of carbonyl (C=O) groups excluding carboxylic acids is 1. The summed E-state index contributed by atoms with van der Waals surface area (Å²) < 4.78 is 10.8. The van der Waals surface area contributed by atoms with Crippen molar-refractivity contribution in [1.29, 1.82) is 0 Å². The zero-order valence-corrected chi connectivity index (χ0v) is 20.7. The predicted octanol–water partition coefficient (Wildman–Crippen LogP) is 1.21. The first-order valence-electron chi connectivity index (χ1n) is 10.6. The number of ether oxygens (including phenoxy) is 1. The molecule has 0 saturated heterocycles. The van der Waals surface area contributed by atoms with Gasteiger partial charge in [0.2, 0.25) is 5.91 Å². The molecule has 2 unspecified atom stereocenters. The van der Waals surface area contributed by atoms with Crippen molar-refractivity contribution in [2.75, 3.05) is 33.1 Å². The molecule has 0 aliphatic heterocycles. The van der Waals surface area contributed by atoms with Crippen LogP contribution in [0.25, 0.3) is 0 Å². The fraction of sp³-hybridized carbons (Fsp3) is 0.348. The van der Waals surface area contributed by atoms with Gasteiger partial charge in [-0.2, -0.15) is 0 Å². The summed E-state index contributed by atoms with van der Waals surface area (Å²) in [6, 6.07) is 11.4. The SMILES string of the molecule is COc1ccccc1NC(=O)CC(C)NCC(c1ccco1)N(C)C.O=C(O)C(=O)O.O=C(O)C(=O)O. The van der Waals surface area contributed by atoms with Gasteiger partial charge in [0.25, 0.3) is 0 Å². The van der Waals surface area contributed by atoms with Gasteiger partial charge < -0.3 is 40.2 Å². The van der Waals surface area contributed by atoms with Crippen molar-refractivity contribution in [3.8, 4) is 5.75 Å². The second kappa shape index (κ2) is 17.1. The Kier molecular flexibility index (Phi) is 15.0. The minimum Gasteiger partial charge on any atom is -0.495 e. The van der Waals surface area contributed by atoms with E-state index in [4.69, 9.17) is 48.8 Å². The van der Waals surface area contributed by atoms with Crippen LogP contribution in [-0.2, 0) is 24.0 Å². The number of rotatable bonds is 9. The summed E-state index contributed by atoms with van der Waals surface area (Å²) in [5, 5.41) is 35.9. The van der Waals surface area contributed by atoms with E-state index < -0.39 is 23.9 Å². The molecule has 6 N–H and O–H groups in total. The number of anilines is 1. The van der Waals surface area contributed by atoms with Gasteiger partial charge in [0.05, 0.1) is 25.1 Å². The van der Waals surface area contributed by atoms with E-state index in [9.17, 15) is 4.79 Å². The molecular weight excluding hydrogens is 494 g/mol. The van der Waals surface area contributed by atoms with E-state index in [-0.39, 0.29) is 18.0 Å². The molecule has 0 aliphatic carbocycles. The Morgan fingerprint density at radius 1 is 0.919 bits per heavy atom. The van der Waals surface area contributed by atoms with Crippen molar-refractivity contribution in [1.82, 2.24) is 10.2 Å². The Balaban J connectivity index is 0.000000896. The Morgan fingerprint density at radius 3 is 1.89 bits per heavy atom. The predicted molar refractivity (Wildman–Crippen MR) is 129 cm³/mol. The van der Waals surface area contributed by atoms with Gasteiger partial charge in [-0.3, -0.25) is 9.69 Å². The maximum Gasteiger partial charge on any atom is 0.414 e. The number of carboxylic acids is 4. The quantitative estimate of drug-likeness (QED) is 0.254. The molecule has 1 aromatic heterocycles. The molecule has 2 aromatic rings. The van der Waals surface area contributed by atoms with Crippen LogP contribution in [0, 0.1) is 0 Å². The number of amides is 1. The van der Waals surface area contributed by atoms with Crippen LogP contribution in [0.5, 0.6) is 5.75 Å². The number of hydrogen-bond acceptors (Lipinski definition) is 9. The fourth-order valence-electron chi connectivity index (χ4n) is 2.63. The van der Waals surface area contributed by atoms with Crippen LogP contribution in [0.2, 0.25) is 0 Å². The standard InChI is InChI=1S/C19H27N3O3.2C2H2O4/c1-14(20-13-16(22(2)3)18-10-7-11-25-18)12-19(23)21-15-8-5-6-9-17(15)24-4;2*3-1(4)2(5)6/h5-11,14,16,20H,12-13H2,1-4H3,(H,21,23);2*(H,3,4)(H,5,6). The maximum absolute atomic E-state index is 12.3. The third kappa shape index (κ3) is 13.9. The Labute approximate surface area is 212 Å². The smallest absolute Gasteiger partial charge is 0.414 e. The average molecular weight is 526 g/mol. The van der Waals surface area contributed by atoms with Crippen LogP contribution < -0.4 is 15.4 Å². The maximum atomic E-state index is 12.3. The minimum atomic E-state index is -1.82. The number of carbonyl (C=O) groups is 5. The summed E-state index contributed by atoms with van der Waals surface area (Å²) in [5.41, 5.74) is 0.684. The molecule has 2 rings (SSSR count). The summed E-state index contributed by atoms with van der Waals surface area (Å²) in [6.45, 7) is 2.69. The summed E-state index contributed by atoms with van der Waals surface area (Å²) in [4.78, 5) is 50.8. The number of furan rings is 1. The molecule has 14 nitrogen and oxygen atoms in total.